The van der Waals surface area contributed by atoms with Crippen LogP contribution in [0.1, 0.15) is 37.3 Å². The SMILES string of the molecule is CCc1ccc(C(N)C2CCCOC2)o1. The highest BCUT2D eigenvalue weighted by Crippen LogP contribution is 2.27. The van der Waals surface area contributed by atoms with Crippen molar-refractivity contribution in [1.82, 2.24) is 0 Å². The topological polar surface area (TPSA) is 48.4 Å². The van der Waals surface area contributed by atoms with Crippen molar-refractivity contribution in [2.45, 2.75) is 32.2 Å². The van der Waals surface area contributed by atoms with Crippen LogP contribution in [0.2, 0.25) is 0 Å². The predicted octanol–water partition coefficient (Wildman–Crippen LogP) is 2.27. The lowest BCUT2D eigenvalue weighted by Gasteiger charge is -2.26. The van der Waals surface area contributed by atoms with Crippen molar-refractivity contribution in [2.24, 2.45) is 11.7 Å². The minimum atomic E-state index is -0.00870. The largest absolute Gasteiger partial charge is 0.464 e. The highest BCUT2D eigenvalue weighted by molar-refractivity contribution is 5.11. The Morgan fingerprint density at radius 3 is 3.00 bits per heavy atom. The quantitative estimate of drug-likeness (QED) is 0.830. The van der Waals surface area contributed by atoms with Gasteiger partial charge in [-0.15, -0.1) is 0 Å². The van der Waals surface area contributed by atoms with Gasteiger partial charge in [0.05, 0.1) is 12.6 Å². The summed E-state index contributed by atoms with van der Waals surface area (Å²) in [5.74, 6) is 2.33. The molecule has 0 radical (unpaired) electrons. The molecule has 0 aromatic carbocycles. The van der Waals surface area contributed by atoms with E-state index in [0.29, 0.717) is 5.92 Å². The second kappa shape index (κ2) is 4.81. The van der Waals surface area contributed by atoms with Gasteiger partial charge in [-0.1, -0.05) is 6.92 Å². The third kappa shape index (κ3) is 2.41. The molecule has 2 atom stereocenters. The average molecular weight is 209 g/mol. The van der Waals surface area contributed by atoms with Gasteiger partial charge in [0.1, 0.15) is 11.5 Å². The molecule has 1 aliphatic rings. The van der Waals surface area contributed by atoms with Crippen LogP contribution in [0.3, 0.4) is 0 Å². The van der Waals surface area contributed by atoms with E-state index in [0.717, 1.165) is 44.0 Å². The molecule has 3 nitrogen and oxygen atoms in total. The van der Waals surface area contributed by atoms with Crippen LogP contribution in [-0.4, -0.2) is 13.2 Å². The van der Waals surface area contributed by atoms with E-state index in [1.807, 2.05) is 12.1 Å². The lowest BCUT2D eigenvalue weighted by molar-refractivity contribution is 0.0417. The monoisotopic (exact) mass is 209 g/mol. The van der Waals surface area contributed by atoms with Crippen LogP contribution in [0.15, 0.2) is 16.5 Å². The first kappa shape index (κ1) is 10.7. The van der Waals surface area contributed by atoms with Gasteiger partial charge in [-0.25, -0.2) is 0 Å². The minimum Gasteiger partial charge on any atom is -0.464 e. The Hall–Kier alpha value is -0.800. The molecule has 15 heavy (non-hydrogen) atoms. The Morgan fingerprint density at radius 1 is 1.53 bits per heavy atom. The molecule has 2 heterocycles. The second-order valence-electron chi connectivity index (χ2n) is 4.16. The number of ether oxygens (including phenoxy) is 1. The van der Waals surface area contributed by atoms with E-state index >= 15 is 0 Å². The zero-order valence-electron chi connectivity index (χ0n) is 9.24. The normalized spacial score (nSPS) is 24.0. The van der Waals surface area contributed by atoms with Crippen molar-refractivity contribution in [3.05, 3.63) is 23.7 Å². The summed E-state index contributed by atoms with van der Waals surface area (Å²) in [5, 5.41) is 0. The fourth-order valence-corrected chi connectivity index (χ4v) is 2.04. The number of hydrogen-bond donors (Lipinski definition) is 1. The standard InChI is InChI=1S/C12H19NO2/c1-2-10-5-6-11(15-10)12(13)9-4-3-7-14-8-9/h5-6,9,12H,2-4,7-8,13H2,1H3. The molecular weight excluding hydrogens is 190 g/mol. The maximum Gasteiger partial charge on any atom is 0.121 e. The van der Waals surface area contributed by atoms with Gasteiger partial charge in [0.25, 0.3) is 0 Å². The predicted molar refractivity (Wildman–Crippen MR) is 58.6 cm³/mol. The molecule has 1 aromatic heterocycles. The summed E-state index contributed by atoms with van der Waals surface area (Å²) in [6, 6.07) is 4.00. The fourth-order valence-electron chi connectivity index (χ4n) is 2.04. The molecule has 0 amide bonds. The summed E-state index contributed by atoms with van der Waals surface area (Å²) in [7, 11) is 0. The molecule has 1 saturated heterocycles. The molecule has 84 valence electrons. The first-order chi connectivity index (χ1) is 7.31. The van der Waals surface area contributed by atoms with Crippen LogP contribution in [0.5, 0.6) is 0 Å². The van der Waals surface area contributed by atoms with E-state index < -0.39 is 0 Å². The molecule has 2 rings (SSSR count). The third-order valence-corrected chi connectivity index (χ3v) is 3.06. The molecule has 1 aliphatic heterocycles. The summed E-state index contributed by atoms with van der Waals surface area (Å²) >= 11 is 0. The van der Waals surface area contributed by atoms with Gasteiger partial charge in [0, 0.05) is 18.9 Å². The molecule has 0 aliphatic carbocycles. The number of hydrogen-bond acceptors (Lipinski definition) is 3. The van der Waals surface area contributed by atoms with Crippen LogP contribution >= 0.6 is 0 Å². The van der Waals surface area contributed by atoms with Crippen molar-refractivity contribution in [3.63, 3.8) is 0 Å². The first-order valence-electron chi connectivity index (χ1n) is 5.73. The Labute approximate surface area is 90.6 Å². The minimum absolute atomic E-state index is 0.00870. The summed E-state index contributed by atoms with van der Waals surface area (Å²) in [6.07, 6.45) is 3.18. The van der Waals surface area contributed by atoms with Crippen molar-refractivity contribution in [2.75, 3.05) is 13.2 Å². The third-order valence-electron chi connectivity index (χ3n) is 3.06. The van der Waals surface area contributed by atoms with Crippen LogP contribution in [0.25, 0.3) is 0 Å². The number of furan rings is 1. The maximum absolute atomic E-state index is 6.16. The van der Waals surface area contributed by atoms with Crippen molar-refractivity contribution in [3.8, 4) is 0 Å². The van der Waals surface area contributed by atoms with Gasteiger partial charge in [-0.3, -0.25) is 0 Å². The van der Waals surface area contributed by atoms with Crippen LogP contribution in [0, 0.1) is 5.92 Å². The lowest BCUT2D eigenvalue weighted by atomic mass is 9.93. The van der Waals surface area contributed by atoms with Gasteiger partial charge in [-0.2, -0.15) is 0 Å². The van der Waals surface area contributed by atoms with Crippen LogP contribution in [-0.2, 0) is 11.2 Å². The molecule has 1 fully saturated rings. The van der Waals surface area contributed by atoms with E-state index in [1.54, 1.807) is 0 Å². The fraction of sp³-hybridized carbons (Fsp3) is 0.667. The Kier molecular flexibility index (Phi) is 3.44. The van der Waals surface area contributed by atoms with Gasteiger partial charge in [-0.05, 0) is 25.0 Å². The molecule has 1 aromatic rings. The highest BCUT2D eigenvalue weighted by atomic mass is 16.5. The van der Waals surface area contributed by atoms with Gasteiger partial charge in [0.2, 0.25) is 0 Å². The van der Waals surface area contributed by atoms with Gasteiger partial charge in [0.15, 0.2) is 0 Å². The smallest absolute Gasteiger partial charge is 0.121 e. The summed E-state index contributed by atoms with van der Waals surface area (Å²) in [6.45, 7) is 3.72. The first-order valence-corrected chi connectivity index (χ1v) is 5.73. The number of aryl methyl sites for hydroxylation is 1. The van der Waals surface area contributed by atoms with Crippen molar-refractivity contribution < 1.29 is 9.15 Å². The Bertz CT molecular complexity index is 302. The molecule has 3 heteroatoms. The average Bonchev–Trinajstić information content (AvgIpc) is 2.78. The zero-order chi connectivity index (χ0) is 10.7. The van der Waals surface area contributed by atoms with E-state index in [2.05, 4.69) is 6.92 Å². The van der Waals surface area contributed by atoms with Gasteiger partial charge < -0.3 is 14.9 Å². The van der Waals surface area contributed by atoms with Crippen LogP contribution < -0.4 is 5.73 Å². The van der Waals surface area contributed by atoms with E-state index in [9.17, 15) is 0 Å². The van der Waals surface area contributed by atoms with E-state index in [4.69, 9.17) is 14.9 Å². The lowest BCUT2D eigenvalue weighted by Crippen LogP contribution is -2.28. The molecule has 0 spiro atoms. The summed E-state index contributed by atoms with van der Waals surface area (Å²) in [5.41, 5.74) is 6.16. The zero-order valence-corrected chi connectivity index (χ0v) is 9.24. The highest BCUT2D eigenvalue weighted by Gasteiger charge is 2.24. The van der Waals surface area contributed by atoms with Crippen molar-refractivity contribution >= 4 is 0 Å². The molecule has 0 bridgehead atoms. The van der Waals surface area contributed by atoms with Crippen LogP contribution in [0.4, 0.5) is 0 Å². The second-order valence-corrected chi connectivity index (χ2v) is 4.16. The Balaban J connectivity index is 2.02. The van der Waals surface area contributed by atoms with Crippen molar-refractivity contribution in [1.29, 1.82) is 0 Å². The van der Waals surface area contributed by atoms with Gasteiger partial charge >= 0.3 is 0 Å². The number of nitrogens with two attached hydrogens (primary N) is 1. The molecule has 2 unspecified atom stereocenters. The Morgan fingerprint density at radius 2 is 2.40 bits per heavy atom. The number of rotatable bonds is 3. The molecular formula is C12H19NO2. The summed E-state index contributed by atoms with van der Waals surface area (Å²) < 4.78 is 11.1. The summed E-state index contributed by atoms with van der Waals surface area (Å²) in [4.78, 5) is 0. The van der Waals surface area contributed by atoms with E-state index in [-0.39, 0.29) is 6.04 Å². The van der Waals surface area contributed by atoms with E-state index in [1.165, 1.54) is 0 Å². The maximum atomic E-state index is 6.16. The molecule has 0 saturated carbocycles. The molecule has 2 N–H and O–H groups in total.